The Morgan fingerprint density at radius 1 is 0.860 bits per heavy atom. The van der Waals surface area contributed by atoms with Crippen molar-refractivity contribution in [2.75, 3.05) is 56.9 Å². The van der Waals surface area contributed by atoms with Crippen LogP contribution >= 0.6 is 11.8 Å². The smallest absolute Gasteiger partial charge is 0.283 e. The fraction of sp³-hybridized carbons (Fsp3) is 0.395. The Morgan fingerprint density at radius 3 is 2.25 bits per heavy atom. The van der Waals surface area contributed by atoms with Crippen LogP contribution in [-0.4, -0.2) is 109 Å². The number of ketones is 1. The van der Waals surface area contributed by atoms with Gasteiger partial charge < -0.3 is 49.2 Å². The number of hydrogen-bond acceptors (Lipinski definition) is 12. The van der Waals surface area contributed by atoms with Crippen LogP contribution in [0, 0.1) is 0 Å². The first-order chi connectivity index (χ1) is 27.7. The summed E-state index contributed by atoms with van der Waals surface area (Å²) in [5.41, 5.74) is 6.53. The molecule has 3 heterocycles. The molecule has 13 nitrogen and oxygen atoms in total. The van der Waals surface area contributed by atoms with Crippen molar-refractivity contribution in [1.29, 1.82) is 0 Å². The van der Waals surface area contributed by atoms with E-state index in [0.29, 0.717) is 62.0 Å². The SMILES string of the molecule is CCN1/C(=C/C2=C(SCc3ccc(O[C@@H]4C(CO)O[C@H](O)C(O)[C@H]4O)cc3)C(=C\c3n(CC)c4ccccc4[n+]3CCOC)/C2=O)N(CCOC)c2ccccc21. The third kappa shape index (κ3) is 7.88. The van der Waals surface area contributed by atoms with Crippen LogP contribution in [0.2, 0.25) is 0 Å². The number of allylic oxidation sites excluding steroid dienone is 3. The predicted molar refractivity (Wildman–Crippen MR) is 219 cm³/mol. The van der Waals surface area contributed by atoms with Crippen molar-refractivity contribution in [2.45, 2.75) is 63.4 Å². The summed E-state index contributed by atoms with van der Waals surface area (Å²) in [5.74, 6) is 2.74. The number of methoxy groups -OCH3 is 2. The Labute approximate surface area is 336 Å². The summed E-state index contributed by atoms with van der Waals surface area (Å²) < 4.78 is 26.7. The van der Waals surface area contributed by atoms with Crippen LogP contribution in [0.3, 0.4) is 0 Å². The molecular weight excluding hydrogens is 749 g/mol. The number of Topliss-reactive ketones (excluding diaryl/α,β-unsaturated/α-hetero) is 1. The van der Waals surface area contributed by atoms with Gasteiger partial charge in [-0.3, -0.25) is 4.79 Å². The number of carbonyl (C=O) groups is 1. The number of aryl methyl sites for hydroxylation is 1. The molecule has 7 rings (SSSR count). The number of imidazole rings is 1. The van der Waals surface area contributed by atoms with Crippen LogP contribution in [0.4, 0.5) is 11.4 Å². The third-order valence-electron chi connectivity index (χ3n) is 10.6. The Balaban J connectivity index is 1.25. The molecule has 4 N–H and O–H groups in total. The van der Waals surface area contributed by atoms with Gasteiger partial charge >= 0.3 is 0 Å². The van der Waals surface area contributed by atoms with Gasteiger partial charge in [0, 0.05) is 55.2 Å². The van der Waals surface area contributed by atoms with Crippen LogP contribution < -0.4 is 19.1 Å². The fourth-order valence-electron chi connectivity index (χ4n) is 7.74. The minimum absolute atomic E-state index is 0.0300. The lowest BCUT2D eigenvalue weighted by atomic mass is 9.89. The summed E-state index contributed by atoms with van der Waals surface area (Å²) in [6.45, 7) is 7.40. The number of hydrogen-bond donors (Lipinski definition) is 4. The zero-order chi connectivity index (χ0) is 40.2. The van der Waals surface area contributed by atoms with E-state index in [-0.39, 0.29) is 5.78 Å². The standard InChI is InChI=1S/C43H51N4O9S/c1-5-44-31-11-7-9-13-33(31)46(19-21-53-3)36(44)23-29-38(49)30(24-37-45(6-2)32-12-8-10-14-34(32)47(37)20-22-54-4)42(29)57-26-27-15-17-28(18-16-27)55-41-35(25-48)56-43(52)40(51)39(41)50/h7-18,23-24,35,39-41,43,48,50-52H,5-6,19-22,25-26H2,1-4H3/q+1/t35?,39-,40?,41-,43+/m1/s1. The molecule has 302 valence electrons. The minimum Gasteiger partial charge on any atom is -0.485 e. The number of thioether (sulfide) groups is 1. The maximum Gasteiger partial charge on any atom is 0.283 e. The summed E-state index contributed by atoms with van der Waals surface area (Å²) in [6.07, 6.45) is -2.77. The van der Waals surface area contributed by atoms with Crippen molar-refractivity contribution in [3.05, 3.63) is 112 Å². The first-order valence-electron chi connectivity index (χ1n) is 19.3. The summed E-state index contributed by atoms with van der Waals surface area (Å²) >= 11 is 1.59. The quantitative estimate of drug-likeness (QED) is 0.0966. The van der Waals surface area contributed by atoms with E-state index >= 15 is 0 Å². The van der Waals surface area contributed by atoms with Gasteiger partial charge in [-0.2, -0.15) is 0 Å². The molecule has 57 heavy (non-hydrogen) atoms. The monoisotopic (exact) mass is 799 g/mol. The van der Waals surface area contributed by atoms with E-state index in [0.717, 1.165) is 44.5 Å². The Morgan fingerprint density at radius 2 is 1.56 bits per heavy atom. The highest BCUT2D eigenvalue weighted by Gasteiger charge is 2.45. The van der Waals surface area contributed by atoms with Gasteiger partial charge in [0.05, 0.1) is 37.7 Å². The lowest BCUT2D eigenvalue weighted by Crippen LogP contribution is -2.60. The molecule has 3 aliphatic rings. The van der Waals surface area contributed by atoms with Crippen LogP contribution in [0.15, 0.2) is 101 Å². The van der Waals surface area contributed by atoms with Crippen LogP contribution in [-0.2, 0) is 37.8 Å². The van der Waals surface area contributed by atoms with E-state index in [4.69, 9.17) is 18.9 Å². The normalized spacial score (nSPS) is 23.6. The van der Waals surface area contributed by atoms with Gasteiger partial charge in [0.25, 0.3) is 5.82 Å². The minimum atomic E-state index is -1.63. The van der Waals surface area contributed by atoms with Crippen molar-refractivity contribution in [3.8, 4) is 5.75 Å². The summed E-state index contributed by atoms with van der Waals surface area (Å²) in [4.78, 5) is 19.8. The lowest BCUT2D eigenvalue weighted by Gasteiger charge is -2.40. The highest BCUT2D eigenvalue weighted by atomic mass is 32.2. The molecule has 0 spiro atoms. The van der Waals surface area contributed by atoms with Crippen LogP contribution in [0.5, 0.6) is 5.75 Å². The average Bonchev–Trinajstić information content (AvgIpc) is 3.71. The molecule has 5 atom stereocenters. The van der Waals surface area contributed by atoms with Crippen molar-refractivity contribution in [1.82, 2.24) is 4.57 Å². The molecule has 14 heteroatoms. The number of anilines is 2. The topological polar surface area (TPSA) is 150 Å². The molecule has 0 radical (unpaired) electrons. The maximum absolute atomic E-state index is 14.5. The first kappa shape index (κ1) is 40.7. The Kier molecular flexibility index (Phi) is 12.8. The molecular formula is C43H51N4O9S+. The van der Waals surface area contributed by atoms with Gasteiger partial charge in [-0.1, -0.05) is 36.4 Å². The molecule has 1 fully saturated rings. The van der Waals surface area contributed by atoms with Gasteiger partial charge in [-0.05, 0) is 61.9 Å². The summed E-state index contributed by atoms with van der Waals surface area (Å²) in [5, 5.41) is 40.4. The number of rotatable bonds is 16. The van der Waals surface area contributed by atoms with E-state index < -0.39 is 37.3 Å². The van der Waals surface area contributed by atoms with Crippen molar-refractivity contribution < 1.29 is 48.7 Å². The van der Waals surface area contributed by atoms with Crippen molar-refractivity contribution in [3.63, 3.8) is 0 Å². The van der Waals surface area contributed by atoms with E-state index in [1.165, 1.54) is 0 Å². The van der Waals surface area contributed by atoms with Crippen LogP contribution in [0.25, 0.3) is 17.1 Å². The number of nitrogens with zero attached hydrogens (tertiary/aromatic N) is 4. The van der Waals surface area contributed by atoms with Gasteiger partial charge in [0.1, 0.15) is 36.4 Å². The summed E-state index contributed by atoms with van der Waals surface area (Å²) in [6, 6.07) is 23.8. The van der Waals surface area contributed by atoms with E-state index in [2.05, 4.69) is 57.0 Å². The molecule has 2 unspecified atom stereocenters. The maximum atomic E-state index is 14.5. The lowest BCUT2D eigenvalue weighted by molar-refractivity contribution is -0.675. The highest BCUT2D eigenvalue weighted by molar-refractivity contribution is 8.02. The number of carbonyl (C=O) groups excluding carboxylic acids is 1. The molecule has 1 saturated heterocycles. The van der Waals surface area contributed by atoms with E-state index in [1.807, 2.05) is 48.6 Å². The number of aromatic nitrogens is 2. The zero-order valence-corrected chi connectivity index (χ0v) is 33.5. The number of ether oxygens (including phenoxy) is 4. The highest BCUT2D eigenvalue weighted by Crippen LogP contribution is 2.46. The van der Waals surface area contributed by atoms with E-state index in [9.17, 15) is 25.2 Å². The second-order valence-corrected chi connectivity index (χ2v) is 15.0. The first-order valence-corrected chi connectivity index (χ1v) is 20.3. The number of para-hydroxylation sites is 4. The van der Waals surface area contributed by atoms with Crippen LogP contribution in [0.1, 0.15) is 25.2 Å². The molecule has 1 aromatic heterocycles. The van der Waals surface area contributed by atoms with Gasteiger partial charge in [-0.15, -0.1) is 11.8 Å². The van der Waals surface area contributed by atoms with E-state index in [1.54, 1.807) is 38.1 Å². The van der Waals surface area contributed by atoms with Gasteiger partial charge in [-0.25, -0.2) is 9.13 Å². The van der Waals surface area contributed by atoms with Crippen molar-refractivity contribution in [2.24, 2.45) is 0 Å². The number of aliphatic hydroxyl groups excluding tert-OH is 4. The molecule has 3 aromatic carbocycles. The van der Waals surface area contributed by atoms with Gasteiger partial charge in [0.15, 0.2) is 29.2 Å². The second kappa shape index (κ2) is 18.0. The Hall–Kier alpha value is -4.51. The zero-order valence-electron chi connectivity index (χ0n) is 32.7. The predicted octanol–water partition coefficient (Wildman–Crippen LogP) is 3.76. The number of benzene rings is 3. The molecule has 2 aliphatic heterocycles. The molecule has 0 amide bonds. The molecule has 0 saturated carbocycles. The summed E-state index contributed by atoms with van der Waals surface area (Å²) in [7, 11) is 3.38. The molecule has 1 aliphatic carbocycles. The number of fused-ring (bicyclic) bond motifs is 2. The fourth-order valence-corrected chi connectivity index (χ4v) is 8.85. The Bertz CT molecular complexity index is 2170. The number of aliphatic hydroxyl groups is 4. The largest absolute Gasteiger partial charge is 0.485 e. The van der Waals surface area contributed by atoms with Gasteiger partial charge in [0.2, 0.25) is 0 Å². The molecule has 4 aromatic rings. The average molecular weight is 800 g/mol. The molecule has 0 bridgehead atoms. The van der Waals surface area contributed by atoms with Crippen molar-refractivity contribution >= 4 is 46.0 Å². The second-order valence-electron chi connectivity index (χ2n) is 14.0. The third-order valence-corrected chi connectivity index (χ3v) is 11.9.